The third-order valence-electron chi connectivity index (χ3n) is 4.96. The molecule has 0 aromatic heterocycles. The van der Waals surface area contributed by atoms with Crippen molar-refractivity contribution < 1.29 is 27.9 Å². The first-order chi connectivity index (χ1) is 10.8. The van der Waals surface area contributed by atoms with Crippen LogP contribution >= 0.6 is 0 Å². The van der Waals surface area contributed by atoms with Gasteiger partial charge in [0.25, 0.3) is 5.92 Å². The first-order valence-electron chi connectivity index (χ1n) is 7.71. The molecule has 4 atom stereocenters. The molecule has 3 N–H and O–H groups in total. The normalized spacial score (nSPS) is 33.9. The summed E-state index contributed by atoms with van der Waals surface area (Å²) in [5, 5.41) is 2.30. The Kier molecular flexibility index (Phi) is 3.89. The van der Waals surface area contributed by atoms with Crippen molar-refractivity contribution in [2.24, 2.45) is 17.6 Å². The smallest absolute Gasteiger partial charge is 0.407 e. The molecule has 2 aliphatic carbocycles. The van der Waals surface area contributed by atoms with E-state index in [9.17, 15) is 23.2 Å². The number of carbonyl (C=O) groups is 3. The number of carbonyl (C=O) groups excluding carboxylic acids is 3. The summed E-state index contributed by atoms with van der Waals surface area (Å²) in [5.41, 5.74) is 5.22. The number of hydrogen-bond donors (Lipinski definition) is 2. The van der Waals surface area contributed by atoms with Crippen LogP contribution in [0.5, 0.6) is 0 Å². The van der Waals surface area contributed by atoms with Gasteiger partial charge in [-0.05, 0) is 25.7 Å². The number of ether oxygens (including phenoxy) is 1. The predicted octanol–water partition coefficient (Wildman–Crippen LogP) is 0.233. The first-order valence-corrected chi connectivity index (χ1v) is 7.71. The molecule has 3 rings (SSSR count). The molecule has 0 bridgehead atoms. The maximum absolute atomic E-state index is 13.0. The molecular weight excluding hydrogens is 312 g/mol. The Hall–Kier alpha value is -1.93. The molecule has 3 amide bonds. The lowest BCUT2D eigenvalue weighted by Crippen LogP contribution is -2.47. The molecule has 0 aromatic carbocycles. The average Bonchev–Trinajstić information content (AvgIpc) is 2.95. The minimum atomic E-state index is -2.61. The van der Waals surface area contributed by atoms with Crippen molar-refractivity contribution in [1.29, 1.82) is 0 Å². The fourth-order valence-electron chi connectivity index (χ4n) is 3.67. The number of alkyl carbamates (subject to hydrolysis) is 1. The minimum Gasteiger partial charge on any atom is -0.446 e. The van der Waals surface area contributed by atoms with Crippen molar-refractivity contribution >= 4 is 17.9 Å². The van der Waals surface area contributed by atoms with Crippen LogP contribution in [-0.4, -0.2) is 54.0 Å². The number of halogens is 2. The third-order valence-corrected chi connectivity index (χ3v) is 4.96. The van der Waals surface area contributed by atoms with Crippen LogP contribution in [-0.2, 0) is 14.3 Å². The molecule has 23 heavy (non-hydrogen) atoms. The number of alkyl halides is 2. The minimum absolute atomic E-state index is 0.162. The van der Waals surface area contributed by atoms with Crippen LogP contribution < -0.4 is 11.1 Å². The van der Waals surface area contributed by atoms with E-state index in [0.717, 1.165) is 0 Å². The van der Waals surface area contributed by atoms with Crippen molar-refractivity contribution in [3.63, 3.8) is 0 Å². The van der Waals surface area contributed by atoms with Gasteiger partial charge in [0.15, 0.2) is 0 Å². The summed E-state index contributed by atoms with van der Waals surface area (Å²) in [6, 6.07) is -0.635. The van der Waals surface area contributed by atoms with Gasteiger partial charge in [-0.3, -0.25) is 9.59 Å². The lowest BCUT2D eigenvalue weighted by atomic mass is 10.2. The number of nitrogens with zero attached hydrogens (tertiary/aromatic N) is 1. The molecule has 0 radical (unpaired) electrons. The van der Waals surface area contributed by atoms with E-state index in [1.54, 1.807) is 0 Å². The fraction of sp³-hybridized carbons (Fsp3) is 0.786. The quantitative estimate of drug-likeness (QED) is 0.770. The summed E-state index contributed by atoms with van der Waals surface area (Å²) in [6.45, 7) is 0.114. The third kappa shape index (κ3) is 2.96. The zero-order chi connectivity index (χ0) is 16.8. The van der Waals surface area contributed by atoms with Crippen molar-refractivity contribution in [1.82, 2.24) is 10.2 Å². The van der Waals surface area contributed by atoms with Gasteiger partial charge in [0, 0.05) is 18.4 Å². The molecule has 128 valence electrons. The zero-order valence-corrected chi connectivity index (χ0v) is 12.5. The van der Waals surface area contributed by atoms with Crippen LogP contribution in [0.25, 0.3) is 0 Å². The molecule has 1 saturated heterocycles. The highest BCUT2D eigenvalue weighted by Crippen LogP contribution is 2.64. The highest BCUT2D eigenvalue weighted by molar-refractivity contribution is 5.89. The number of primary amides is 1. The van der Waals surface area contributed by atoms with Crippen LogP contribution in [0, 0.1) is 11.8 Å². The van der Waals surface area contributed by atoms with Crippen molar-refractivity contribution in [2.45, 2.75) is 43.8 Å². The van der Waals surface area contributed by atoms with E-state index in [1.165, 1.54) is 4.90 Å². The van der Waals surface area contributed by atoms with Crippen molar-refractivity contribution in [3.8, 4) is 0 Å². The molecule has 0 spiro atoms. The second-order valence-electron chi connectivity index (χ2n) is 6.39. The van der Waals surface area contributed by atoms with Gasteiger partial charge in [-0.2, -0.15) is 0 Å². The van der Waals surface area contributed by atoms with Crippen LogP contribution in [0.4, 0.5) is 13.6 Å². The highest BCUT2D eigenvalue weighted by atomic mass is 19.3. The standard InChI is InChI=1S/C14H19F2N3O4/c15-14(16)8-4-7(5-9(8)14)23-13(22)18-6-11(20)19-3-1-2-10(19)12(17)21/h7-10H,1-6H2,(H2,17,21)(H,18,22)/t7?,8-,9+,10-/m0/s1. The Labute approximate surface area is 131 Å². The van der Waals surface area contributed by atoms with Crippen LogP contribution in [0.15, 0.2) is 0 Å². The lowest BCUT2D eigenvalue weighted by molar-refractivity contribution is -0.136. The Morgan fingerprint density at radius 3 is 2.52 bits per heavy atom. The van der Waals surface area contributed by atoms with Crippen LogP contribution in [0.3, 0.4) is 0 Å². The van der Waals surface area contributed by atoms with E-state index >= 15 is 0 Å². The highest BCUT2D eigenvalue weighted by Gasteiger charge is 2.72. The fourth-order valence-corrected chi connectivity index (χ4v) is 3.67. The molecule has 9 heteroatoms. The average molecular weight is 331 g/mol. The van der Waals surface area contributed by atoms with E-state index in [0.29, 0.717) is 19.4 Å². The molecule has 0 aromatic rings. The second kappa shape index (κ2) is 5.61. The SMILES string of the molecule is NC(=O)[C@@H]1CCCN1C(=O)CNC(=O)OC1C[C@@H]2[C@H](C1)C2(F)F. The van der Waals surface area contributed by atoms with Crippen LogP contribution in [0.2, 0.25) is 0 Å². The number of hydrogen-bond acceptors (Lipinski definition) is 4. The topological polar surface area (TPSA) is 102 Å². The Balaban J connectivity index is 1.40. The molecule has 1 heterocycles. The van der Waals surface area contributed by atoms with Gasteiger partial charge in [-0.1, -0.05) is 0 Å². The zero-order valence-electron chi connectivity index (χ0n) is 12.5. The summed E-state index contributed by atoms with van der Waals surface area (Å²) in [6.07, 6.45) is 0.199. The number of fused-ring (bicyclic) bond motifs is 1. The summed E-state index contributed by atoms with van der Waals surface area (Å²) >= 11 is 0. The summed E-state index contributed by atoms with van der Waals surface area (Å²) < 4.78 is 31.1. The van der Waals surface area contributed by atoms with Gasteiger partial charge in [0.1, 0.15) is 18.7 Å². The lowest BCUT2D eigenvalue weighted by Gasteiger charge is -2.22. The van der Waals surface area contributed by atoms with Gasteiger partial charge in [0.2, 0.25) is 11.8 Å². The molecule has 1 unspecified atom stereocenters. The monoisotopic (exact) mass is 331 g/mol. The Morgan fingerprint density at radius 2 is 1.91 bits per heavy atom. The van der Waals surface area contributed by atoms with E-state index in [-0.39, 0.29) is 19.4 Å². The van der Waals surface area contributed by atoms with Crippen molar-refractivity contribution in [2.75, 3.05) is 13.1 Å². The molecular formula is C14H19F2N3O4. The van der Waals surface area contributed by atoms with Gasteiger partial charge in [-0.15, -0.1) is 0 Å². The van der Waals surface area contributed by atoms with E-state index in [1.807, 2.05) is 0 Å². The van der Waals surface area contributed by atoms with Crippen molar-refractivity contribution in [3.05, 3.63) is 0 Å². The number of amides is 3. The number of likely N-dealkylation sites (tertiary alicyclic amines) is 1. The predicted molar refractivity (Wildman–Crippen MR) is 73.4 cm³/mol. The van der Waals surface area contributed by atoms with Gasteiger partial charge >= 0.3 is 6.09 Å². The maximum atomic E-state index is 13.0. The molecule has 3 aliphatic rings. The summed E-state index contributed by atoms with van der Waals surface area (Å²) in [5.74, 6) is -4.94. The first kappa shape index (κ1) is 15.9. The maximum Gasteiger partial charge on any atom is 0.407 e. The number of nitrogens with two attached hydrogens (primary N) is 1. The van der Waals surface area contributed by atoms with Gasteiger partial charge in [0.05, 0.1) is 0 Å². The molecule has 3 fully saturated rings. The summed E-state index contributed by atoms with van der Waals surface area (Å²) in [4.78, 5) is 36.2. The van der Waals surface area contributed by atoms with E-state index in [2.05, 4.69) is 5.32 Å². The van der Waals surface area contributed by atoms with E-state index < -0.39 is 47.8 Å². The molecule has 1 aliphatic heterocycles. The van der Waals surface area contributed by atoms with E-state index in [4.69, 9.17) is 10.5 Å². The Morgan fingerprint density at radius 1 is 1.26 bits per heavy atom. The summed E-state index contributed by atoms with van der Waals surface area (Å²) in [7, 11) is 0. The molecule has 7 nitrogen and oxygen atoms in total. The van der Waals surface area contributed by atoms with Crippen LogP contribution in [0.1, 0.15) is 25.7 Å². The number of nitrogens with one attached hydrogen (secondary N) is 1. The second-order valence-corrected chi connectivity index (χ2v) is 6.39. The Bertz CT molecular complexity index is 528. The molecule has 2 saturated carbocycles. The number of rotatable bonds is 4. The van der Waals surface area contributed by atoms with Gasteiger partial charge in [-0.25, -0.2) is 13.6 Å². The van der Waals surface area contributed by atoms with Gasteiger partial charge < -0.3 is 20.7 Å². The largest absolute Gasteiger partial charge is 0.446 e.